The minimum atomic E-state index is -0.689. The average Bonchev–Trinajstić information content (AvgIpc) is 2.94. The van der Waals surface area contributed by atoms with Gasteiger partial charge in [-0.1, -0.05) is 6.92 Å². The Bertz CT molecular complexity index is 212. The second kappa shape index (κ2) is 5.50. The van der Waals surface area contributed by atoms with E-state index in [4.69, 9.17) is 5.11 Å². The van der Waals surface area contributed by atoms with E-state index in [9.17, 15) is 4.79 Å². The zero-order valence-corrected chi connectivity index (χ0v) is 10.1. The van der Waals surface area contributed by atoms with Crippen LogP contribution in [-0.4, -0.2) is 34.6 Å². The standard InChI is InChI=1S/C12H23NO2/c1-4-11(10-5-6-10)13(9(2)3)8-7-12(14)15/h9-11H,4-8H2,1-3H3,(H,14,15). The third kappa shape index (κ3) is 3.82. The second-order valence-corrected chi connectivity index (χ2v) is 4.79. The fraction of sp³-hybridized carbons (Fsp3) is 0.917. The number of carboxylic acids is 1. The molecule has 1 rings (SSSR count). The molecule has 3 nitrogen and oxygen atoms in total. The molecule has 0 aromatic heterocycles. The van der Waals surface area contributed by atoms with Crippen molar-refractivity contribution < 1.29 is 9.90 Å². The first-order valence-electron chi connectivity index (χ1n) is 6.03. The topological polar surface area (TPSA) is 40.5 Å². The molecule has 15 heavy (non-hydrogen) atoms. The zero-order valence-electron chi connectivity index (χ0n) is 10.1. The summed E-state index contributed by atoms with van der Waals surface area (Å²) in [5, 5.41) is 8.73. The van der Waals surface area contributed by atoms with Crippen LogP contribution in [0.25, 0.3) is 0 Å². The average molecular weight is 213 g/mol. The maximum Gasteiger partial charge on any atom is 0.304 e. The summed E-state index contributed by atoms with van der Waals surface area (Å²) in [6.45, 7) is 7.22. The number of carbonyl (C=O) groups is 1. The largest absolute Gasteiger partial charge is 0.481 e. The van der Waals surface area contributed by atoms with Gasteiger partial charge in [-0.25, -0.2) is 0 Å². The highest BCUT2D eigenvalue weighted by Gasteiger charge is 2.34. The minimum absolute atomic E-state index is 0.265. The van der Waals surface area contributed by atoms with Crippen molar-refractivity contribution in [3.05, 3.63) is 0 Å². The van der Waals surface area contributed by atoms with E-state index >= 15 is 0 Å². The number of hydrogen-bond acceptors (Lipinski definition) is 2. The van der Waals surface area contributed by atoms with Gasteiger partial charge in [-0.05, 0) is 39.0 Å². The SMILES string of the molecule is CCC(C1CC1)N(CCC(=O)O)C(C)C. The first-order chi connectivity index (χ1) is 7.06. The summed E-state index contributed by atoms with van der Waals surface area (Å²) in [5.41, 5.74) is 0. The maximum atomic E-state index is 10.6. The Morgan fingerprint density at radius 2 is 2.07 bits per heavy atom. The lowest BCUT2D eigenvalue weighted by molar-refractivity contribution is -0.137. The van der Waals surface area contributed by atoms with Gasteiger partial charge in [0.25, 0.3) is 0 Å². The van der Waals surface area contributed by atoms with Crippen molar-refractivity contribution in [1.82, 2.24) is 4.90 Å². The first kappa shape index (κ1) is 12.5. The molecule has 1 atom stereocenters. The molecule has 0 aliphatic heterocycles. The summed E-state index contributed by atoms with van der Waals surface area (Å²) in [4.78, 5) is 13.0. The molecule has 1 saturated carbocycles. The lowest BCUT2D eigenvalue weighted by atomic mass is 10.1. The summed E-state index contributed by atoms with van der Waals surface area (Å²) in [6.07, 6.45) is 4.06. The van der Waals surface area contributed by atoms with Gasteiger partial charge >= 0.3 is 5.97 Å². The van der Waals surface area contributed by atoms with Gasteiger partial charge in [0.2, 0.25) is 0 Å². The van der Waals surface area contributed by atoms with E-state index in [0.717, 1.165) is 12.3 Å². The Labute approximate surface area is 92.5 Å². The van der Waals surface area contributed by atoms with Crippen molar-refractivity contribution in [3.8, 4) is 0 Å². The Hall–Kier alpha value is -0.570. The third-order valence-corrected chi connectivity index (χ3v) is 3.26. The molecule has 3 heteroatoms. The Balaban J connectivity index is 2.50. The molecule has 0 bridgehead atoms. The Morgan fingerprint density at radius 1 is 1.47 bits per heavy atom. The number of hydrogen-bond donors (Lipinski definition) is 1. The van der Waals surface area contributed by atoms with E-state index < -0.39 is 5.97 Å². The molecular weight excluding hydrogens is 190 g/mol. The van der Waals surface area contributed by atoms with Crippen LogP contribution in [0.15, 0.2) is 0 Å². The summed E-state index contributed by atoms with van der Waals surface area (Å²) in [7, 11) is 0. The highest BCUT2D eigenvalue weighted by molar-refractivity contribution is 5.66. The van der Waals surface area contributed by atoms with Gasteiger partial charge in [0.05, 0.1) is 6.42 Å². The van der Waals surface area contributed by atoms with E-state index in [1.165, 1.54) is 12.8 Å². The van der Waals surface area contributed by atoms with Gasteiger partial charge in [0.15, 0.2) is 0 Å². The van der Waals surface area contributed by atoms with Crippen LogP contribution in [-0.2, 0) is 4.79 Å². The van der Waals surface area contributed by atoms with E-state index in [1.54, 1.807) is 0 Å². The van der Waals surface area contributed by atoms with Gasteiger partial charge in [-0.3, -0.25) is 9.69 Å². The van der Waals surface area contributed by atoms with Crippen LogP contribution in [0.2, 0.25) is 0 Å². The molecule has 1 aliphatic carbocycles. The van der Waals surface area contributed by atoms with Crippen LogP contribution in [0.5, 0.6) is 0 Å². The minimum Gasteiger partial charge on any atom is -0.481 e. The monoisotopic (exact) mass is 213 g/mol. The van der Waals surface area contributed by atoms with Crippen molar-refractivity contribution in [2.24, 2.45) is 5.92 Å². The maximum absolute atomic E-state index is 10.6. The molecule has 1 unspecified atom stereocenters. The summed E-state index contributed by atoms with van der Waals surface area (Å²) in [6, 6.07) is 1.05. The van der Waals surface area contributed by atoms with Crippen LogP contribution >= 0.6 is 0 Å². The molecule has 1 fully saturated rings. The fourth-order valence-corrected chi connectivity index (χ4v) is 2.35. The number of rotatable bonds is 7. The van der Waals surface area contributed by atoms with Crippen LogP contribution in [0.3, 0.4) is 0 Å². The molecule has 0 heterocycles. The second-order valence-electron chi connectivity index (χ2n) is 4.79. The first-order valence-corrected chi connectivity index (χ1v) is 6.03. The van der Waals surface area contributed by atoms with Crippen LogP contribution in [0, 0.1) is 5.92 Å². The number of carboxylic acid groups (broad SMARTS) is 1. The van der Waals surface area contributed by atoms with Gasteiger partial charge in [-0.2, -0.15) is 0 Å². The van der Waals surface area contributed by atoms with Gasteiger partial charge in [0.1, 0.15) is 0 Å². The molecular formula is C12H23NO2. The molecule has 0 aromatic rings. The lowest BCUT2D eigenvalue weighted by Crippen LogP contribution is -2.42. The van der Waals surface area contributed by atoms with Crippen LogP contribution in [0.1, 0.15) is 46.5 Å². The number of aliphatic carboxylic acids is 1. The fourth-order valence-electron chi connectivity index (χ4n) is 2.35. The van der Waals surface area contributed by atoms with Crippen LogP contribution < -0.4 is 0 Å². The van der Waals surface area contributed by atoms with Crippen LogP contribution in [0.4, 0.5) is 0 Å². The summed E-state index contributed by atoms with van der Waals surface area (Å²) >= 11 is 0. The molecule has 0 aromatic carbocycles. The van der Waals surface area contributed by atoms with Gasteiger partial charge in [0, 0.05) is 18.6 Å². The summed E-state index contributed by atoms with van der Waals surface area (Å²) in [5.74, 6) is 0.137. The Morgan fingerprint density at radius 3 is 2.40 bits per heavy atom. The smallest absolute Gasteiger partial charge is 0.304 e. The van der Waals surface area contributed by atoms with Crippen molar-refractivity contribution in [2.75, 3.05) is 6.54 Å². The van der Waals surface area contributed by atoms with E-state index in [0.29, 0.717) is 18.6 Å². The highest BCUT2D eigenvalue weighted by atomic mass is 16.4. The molecule has 0 radical (unpaired) electrons. The van der Waals surface area contributed by atoms with E-state index in [-0.39, 0.29) is 6.42 Å². The lowest BCUT2D eigenvalue weighted by Gasteiger charge is -2.34. The highest BCUT2D eigenvalue weighted by Crippen LogP contribution is 2.37. The molecule has 0 saturated heterocycles. The van der Waals surface area contributed by atoms with E-state index in [2.05, 4.69) is 25.7 Å². The van der Waals surface area contributed by atoms with Crippen molar-refractivity contribution in [1.29, 1.82) is 0 Å². The third-order valence-electron chi connectivity index (χ3n) is 3.26. The zero-order chi connectivity index (χ0) is 11.4. The normalized spacial score (nSPS) is 18.5. The van der Waals surface area contributed by atoms with E-state index in [1.807, 2.05) is 0 Å². The predicted molar refractivity (Wildman–Crippen MR) is 60.9 cm³/mol. The van der Waals surface area contributed by atoms with Crippen molar-refractivity contribution >= 4 is 5.97 Å². The quantitative estimate of drug-likeness (QED) is 0.705. The molecule has 0 amide bonds. The van der Waals surface area contributed by atoms with Gasteiger partial charge in [-0.15, -0.1) is 0 Å². The number of nitrogens with zero attached hydrogens (tertiary/aromatic N) is 1. The molecule has 1 N–H and O–H groups in total. The molecule has 1 aliphatic rings. The predicted octanol–water partition coefficient (Wildman–Crippen LogP) is 2.36. The molecule has 0 spiro atoms. The van der Waals surface area contributed by atoms with Crippen molar-refractivity contribution in [3.63, 3.8) is 0 Å². The Kier molecular flexibility index (Phi) is 4.58. The van der Waals surface area contributed by atoms with Gasteiger partial charge < -0.3 is 5.11 Å². The van der Waals surface area contributed by atoms with Crippen molar-refractivity contribution in [2.45, 2.75) is 58.5 Å². The summed E-state index contributed by atoms with van der Waals surface area (Å²) < 4.78 is 0. The molecule has 88 valence electrons.